The van der Waals surface area contributed by atoms with Gasteiger partial charge in [0.1, 0.15) is 29.6 Å². The zero-order chi connectivity index (χ0) is 43.6. The number of esters is 1. The van der Waals surface area contributed by atoms with Gasteiger partial charge in [-0.05, 0) is 97.2 Å². The molecule has 4 N–H and O–H groups in total. The van der Waals surface area contributed by atoms with Gasteiger partial charge in [0.2, 0.25) is 5.91 Å². The first-order valence-corrected chi connectivity index (χ1v) is 20.8. The van der Waals surface area contributed by atoms with Crippen LogP contribution in [-0.4, -0.2) is 86.2 Å². The van der Waals surface area contributed by atoms with Crippen LogP contribution in [0.4, 0.5) is 0 Å². The van der Waals surface area contributed by atoms with E-state index >= 15 is 0 Å². The molecule has 3 atom stereocenters. The Bertz CT molecular complexity index is 2440. The highest BCUT2D eigenvalue weighted by atomic mass is 16.5. The van der Waals surface area contributed by atoms with Crippen LogP contribution in [0.1, 0.15) is 81.8 Å². The van der Waals surface area contributed by atoms with Crippen LogP contribution >= 0.6 is 0 Å². The maximum atomic E-state index is 14.6. The number of benzene rings is 2. The largest absolute Gasteiger partial charge is 0.508 e. The van der Waals surface area contributed by atoms with Gasteiger partial charge in [0.05, 0.1) is 25.1 Å². The molecule has 15 heteroatoms. The number of methoxy groups -OCH3 is 1. The smallest absolute Gasteiger partial charge is 0.327 e. The molecule has 5 aromatic rings. The van der Waals surface area contributed by atoms with E-state index in [1.165, 1.54) is 17.5 Å². The number of nitrogens with zero attached hydrogens (tertiary/aromatic N) is 4. The fourth-order valence-corrected chi connectivity index (χ4v) is 8.52. The lowest BCUT2D eigenvalue weighted by molar-refractivity contribution is -0.162. The second kappa shape index (κ2) is 17.5. The number of fused-ring (bicyclic) bond motifs is 6. The highest BCUT2D eigenvalue weighted by Crippen LogP contribution is 2.41. The van der Waals surface area contributed by atoms with Gasteiger partial charge in [-0.1, -0.05) is 39.8 Å². The molecule has 2 aliphatic heterocycles. The van der Waals surface area contributed by atoms with Crippen molar-refractivity contribution in [3.8, 4) is 28.1 Å². The van der Waals surface area contributed by atoms with E-state index in [-0.39, 0.29) is 37.1 Å². The Balaban J connectivity index is 1.36. The summed E-state index contributed by atoms with van der Waals surface area (Å²) < 4.78 is 19.2. The molecule has 61 heavy (non-hydrogen) atoms. The summed E-state index contributed by atoms with van der Waals surface area (Å²) in [5, 5.41) is 19.2. The Labute approximate surface area is 355 Å². The summed E-state index contributed by atoms with van der Waals surface area (Å²) >= 11 is 0. The number of hydrogen-bond donors (Lipinski definition) is 4. The maximum absolute atomic E-state index is 14.6. The standard InChI is InChI=1S/C46H55N7O8/c1-8-52-37-11-10-29-22-33(37)34(39(52)35-24-47-14-12-30(35)25-59-7)23-45(4,5)26-61-44(58)46(6)13-9-16-53(51-46)43(57)36(20-28-18-31(29)21-32(54)19-28)49-40(55)38(27(2)3)50-41(56)42-48-15-17-60-42/h10-12,14-15,17-19,21-22,24,27,36,38,51,54H,8-9,13,16,20,23,25-26H2,1-7H3,(H,49,55)(H,50,56)/t36-,38-,46+/m0/s1. The van der Waals surface area contributed by atoms with Gasteiger partial charge in [0.25, 0.3) is 11.8 Å². The van der Waals surface area contributed by atoms with Gasteiger partial charge in [-0.15, -0.1) is 0 Å². The molecule has 15 nitrogen and oxygen atoms in total. The molecule has 0 radical (unpaired) electrons. The summed E-state index contributed by atoms with van der Waals surface area (Å²) in [6.45, 7) is 12.9. The van der Waals surface area contributed by atoms with Gasteiger partial charge in [-0.3, -0.25) is 24.4 Å². The Morgan fingerprint density at radius 2 is 1.89 bits per heavy atom. The van der Waals surface area contributed by atoms with Crippen molar-refractivity contribution in [1.29, 1.82) is 0 Å². The van der Waals surface area contributed by atoms with Gasteiger partial charge in [0.15, 0.2) is 0 Å². The molecule has 2 aliphatic rings. The Kier molecular flexibility index (Phi) is 12.3. The minimum Gasteiger partial charge on any atom is -0.508 e. The topological polar surface area (TPSA) is 190 Å². The number of aromatic nitrogens is 3. The number of hydrogen-bond acceptors (Lipinski definition) is 11. The highest BCUT2D eigenvalue weighted by Gasteiger charge is 2.43. The van der Waals surface area contributed by atoms with Crippen molar-refractivity contribution in [2.45, 2.75) is 98.0 Å². The van der Waals surface area contributed by atoms with E-state index in [0.29, 0.717) is 43.5 Å². The van der Waals surface area contributed by atoms with E-state index in [1.54, 1.807) is 46.2 Å². The molecule has 1 saturated heterocycles. The molecule has 0 unspecified atom stereocenters. The Morgan fingerprint density at radius 1 is 1.08 bits per heavy atom. The van der Waals surface area contributed by atoms with E-state index in [2.05, 4.69) is 63.5 Å². The van der Waals surface area contributed by atoms with Crippen molar-refractivity contribution in [2.24, 2.45) is 11.3 Å². The van der Waals surface area contributed by atoms with Gasteiger partial charge < -0.3 is 34.2 Å². The number of aromatic hydroxyl groups is 1. The number of ether oxygens (including phenoxy) is 2. The number of oxazole rings is 1. The zero-order valence-electron chi connectivity index (χ0n) is 35.8. The number of aryl methyl sites for hydroxylation is 1. The van der Waals surface area contributed by atoms with Gasteiger partial charge in [0, 0.05) is 60.9 Å². The summed E-state index contributed by atoms with van der Waals surface area (Å²) in [5.74, 6) is -2.89. The average molecular weight is 834 g/mol. The monoisotopic (exact) mass is 833 g/mol. The van der Waals surface area contributed by atoms with Gasteiger partial charge >= 0.3 is 11.9 Å². The fourth-order valence-electron chi connectivity index (χ4n) is 8.52. The summed E-state index contributed by atoms with van der Waals surface area (Å²) in [6.07, 6.45) is 7.64. The summed E-state index contributed by atoms with van der Waals surface area (Å²) in [7, 11) is 1.67. The quantitative estimate of drug-likeness (QED) is 0.133. The van der Waals surface area contributed by atoms with Crippen molar-refractivity contribution >= 4 is 34.6 Å². The Morgan fingerprint density at radius 3 is 2.61 bits per heavy atom. The lowest BCUT2D eigenvalue weighted by Crippen LogP contribution is -2.66. The van der Waals surface area contributed by atoms with Gasteiger partial charge in [-0.2, -0.15) is 0 Å². The molecule has 0 aliphatic carbocycles. The molecule has 5 heterocycles. The number of nitrogens with one attached hydrogen (secondary N) is 3. The van der Waals surface area contributed by atoms with Crippen molar-refractivity contribution in [3.63, 3.8) is 0 Å². The lowest BCUT2D eigenvalue weighted by atomic mass is 9.84. The van der Waals surface area contributed by atoms with Crippen LogP contribution in [0, 0.1) is 11.3 Å². The van der Waals surface area contributed by atoms with Crippen LogP contribution in [0.2, 0.25) is 0 Å². The first-order valence-electron chi connectivity index (χ1n) is 20.8. The minimum absolute atomic E-state index is 0.0167. The van der Waals surface area contributed by atoms with Crippen LogP contribution in [-0.2, 0) is 49.9 Å². The normalized spacial score (nSPS) is 19.9. The minimum atomic E-state index is -1.25. The third-order valence-electron chi connectivity index (χ3n) is 11.6. The van der Waals surface area contributed by atoms with Crippen molar-refractivity contribution in [3.05, 3.63) is 89.9 Å². The fraction of sp³-hybridized carbons (Fsp3) is 0.435. The van der Waals surface area contributed by atoms with E-state index in [9.17, 15) is 24.3 Å². The summed E-state index contributed by atoms with van der Waals surface area (Å²) in [4.78, 5) is 64.2. The molecular weight excluding hydrogens is 779 g/mol. The molecule has 7 rings (SSSR count). The number of carbonyl (C=O) groups excluding carboxylic acids is 4. The maximum Gasteiger partial charge on any atom is 0.327 e. The van der Waals surface area contributed by atoms with Crippen LogP contribution < -0.4 is 16.1 Å². The molecule has 6 bridgehead atoms. The van der Waals surface area contributed by atoms with E-state index in [4.69, 9.17) is 13.9 Å². The molecular formula is C46H55N7O8. The first-order chi connectivity index (χ1) is 29.1. The molecule has 322 valence electrons. The van der Waals surface area contributed by atoms with Crippen LogP contribution in [0.25, 0.3) is 33.3 Å². The highest BCUT2D eigenvalue weighted by molar-refractivity contribution is 5.97. The molecule has 1 fully saturated rings. The molecule has 2 aromatic carbocycles. The first kappa shape index (κ1) is 43.0. The van der Waals surface area contributed by atoms with Crippen LogP contribution in [0.3, 0.4) is 0 Å². The number of cyclic esters (lactones) is 1. The summed E-state index contributed by atoms with van der Waals surface area (Å²) in [6, 6.07) is 11.1. The SMILES string of the molecule is CCn1c(-c2cnccc2COC)c2c3cc(ccc31)-c1cc(O)cc(c1)C[C@H](NC(=O)[C@@H](NC(=O)c1ncco1)C(C)C)C(=O)N1CCC[C@@](C)(N1)C(=O)OCC(C)(C)C2. The third-order valence-corrected chi connectivity index (χ3v) is 11.6. The second-order valence-corrected chi connectivity index (χ2v) is 17.4. The van der Waals surface area contributed by atoms with Crippen molar-refractivity contribution < 1.29 is 38.2 Å². The van der Waals surface area contributed by atoms with Crippen molar-refractivity contribution in [2.75, 3.05) is 20.3 Å². The van der Waals surface area contributed by atoms with Crippen molar-refractivity contribution in [1.82, 2.24) is 35.6 Å². The predicted molar refractivity (Wildman–Crippen MR) is 228 cm³/mol. The molecule has 3 aromatic heterocycles. The van der Waals surface area contributed by atoms with E-state index in [0.717, 1.165) is 38.9 Å². The number of pyridine rings is 1. The zero-order valence-corrected chi connectivity index (χ0v) is 35.8. The van der Waals surface area contributed by atoms with Gasteiger partial charge in [-0.25, -0.2) is 15.2 Å². The molecule has 0 spiro atoms. The average Bonchev–Trinajstić information content (AvgIpc) is 3.88. The van der Waals surface area contributed by atoms with E-state index in [1.807, 2.05) is 24.4 Å². The number of phenols is 1. The third kappa shape index (κ3) is 9.03. The molecule has 0 saturated carbocycles. The van der Waals surface area contributed by atoms with Crippen LogP contribution in [0.15, 0.2) is 71.7 Å². The van der Waals surface area contributed by atoms with E-state index < -0.39 is 46.7 Å². The predicted octanol–water partition coefficient (Wildman–Crippen LogP) is 5.72. The lowest BCUT2D eigenvalue weighted by Gasteiger charge is -2.41. The number of amides is 3. The Hall–Kier alpha value is -6.06. The molecule has 3 amide bonds. The number of hydrazine groups is 1. The summed E-state index contributed by atoms with van der Waals surface area (Å²) in [5.41, 5.74) is 8.48. The second-order valence-electron chi connectivity index (χ2n) is 17.4. The van der Waals surface area contributed by atoms with Crippen LogP contribution in [0.5, 0.6) is 5.75 Å². The number of rotatable bonds is 9. The number of phenolic OH excluding ortho intramolecular Hbond substituents is 1. The number of carbonyl (C=O) groups is 4.